The second kappa shape index (κ2) is 8.72. The Morgan fingerprint density at radius 1 is 1.00 bits per heavy atom. The molecular weight excluding hydrogens is 464 g/mol. The molecule has 4 bridgehead atoms. The number of hydrogen-bond donors (Lipinski definition) is 1. The van der Waals surface area contributed by atoms with Gasteiger partial charge in [-0.05, 0) is 124 Å². The number of aromatic nitrogens is 3. The number of nitrogens with one attached hydrogen (secondary N) is 1. The quantitative estimate of drug-likeness (QED) is 0.359. The van der Waals surface area contributed by atoms with Crippen molar-refractivity contribution in [2.45, 2.75) is 57.5 Å². The molecule has 4 fully saturated rings. The highest BCUT2D eigenvalue weighted by Gasteiger charge is 2.54. The van der Waals surface area contributed by atoms with Gasteiger partial charge in [0.05, 0.1) is 6.61 Å². The first kappa shape index (κ1) is 22.2. The Morgan fingerprint density at radius 2 is 1.62 bits per heavy atom. The molecule has 1 N–H and O–H groups in total. The van der Waals surface area contributed by atoms with Crippen molar-refractivity contribution in [3.8, 4) is 11.4 Å². The van der Waals surface area contributed by atoms with E-state index in [0.717, 1.165) is 50.5 Å². The van der Waals surface area contributed by atoms with Crippen LogP contribution in [0, 0.1) is 22.5 Å². The monoisotopic (exact) mass is 494 g/mol. The lowest BCUT2D eigenvalue weighted by Gasteiger charge is -2.56. The number of ether oxygens (including phenoxy) is 1. The average Bonchev–Trinajstić information content (AvgIpc) is 3.15. The summed E-state index contributed by atoms with van der Waals surface area (Å²) >= 11 is 12.2. The molecule has 0 saturated heterocycles. The standard InChI is InChI=1S/C27H31ClN4OS/c1-2-33-24-9-5-22(6-10-24)29-17-31-26(34)32(23-7-3-21(28)4-8-23)25(30-31)27-14-18-11-19(15-27)13-20(12-18)16-27/h3-10,18-20,29H,2,11-17H2,1H3. The molecule has 0 aliphatic heterocycles. The van der Waals surface area contributed by atoms with Gasteiger partial charge >= 0.3 is 0 Å². The van der Waals surface area contributed by atoms with E-state index in [1.807, 2.05) is 48.0 Å². The van der Waals surface area contributed by atoms with Crippen LogP contribution < -0.4 is 10.1 Å². The SMILES string of the molecule is CCOc1ccc(NCn2nc(C34CC5CC(CC(C5)C3)C4)n(-c3ccc(Cl)cc3)c2=S)cc1. The minimum Gasteiger partial charge on any atom is -0.494 e. The fourth-order valence-corrected chi connectivity index (χ4v) is 7.49. The van der Waals surface area contributed by atoms with Crippen LogP contribution in [0.3, 0.4) is 0 Å². The number of benzene rings is 2. The Labute approximate surface area is 211 Å². The Hall–Kier alpha value is -2.31. The van der Waals surface area contributed by atoms with Gasteiger partial charge in [-0.2, -0.15) is 5.10 Å². The normalized spacial score (nSPS) is 27.2. The number of nitrogens with zero attached hydrogens (tertiary/aromatic N) is 3. The zero-order valence-electron chi connectivity index (χ0n) is 19.5. The van der Waals surface area contributed by atoms with E-state index in [-0.39, 0.29) is 5.41 Å². The van der Waals surface area contributed by atoms with Crippen molar-refractivity contribution < 1.29 is 4.74 Å². The second-order valence-electron chi connectivity index (χ2n) is 10.4. The predicted molar refractivity (Wildman–Crippen MR) is 138 cm³/mol. The maximum Gasteiger partial charge on any atom is 0.204 e. The zero-order chi connectivity index (χ0) is 23.3. The van der Waals surface area contributed by atoms with E-state index in [9.17, 15) is 0 Å². The molecule has 0 radical (unpaired) electrons. The van der Waals surface area contributed by atoms with E-state index >= 15 is 0 Å². The van der Waals surface area contributed by atoms with Crippen LogP contribution in [0.25, 0.3) is 5.69 Å². The lowest BCUT2D eigenvalue weighted by Crippen LogP contribution is -2.49. The highest BCUT2D eigenvalue weighted by atomic mass is 35.5. The minimum absolute atomic E-state index is 0.131. The van der Waals surface area contributed by atoms with E-state index in [2.05, 4.69) is 22.0 Å². The molecule has 5 nitrogen and oxygen atoms in total. The molecule has 34 heavy (non-hydrogen) atoms. The first-order valence-corrected chi connectivity index (χ1v) is 13.2. The highest BCUT2D eigenvalue weighted by Crippen LogP contribution is 2.60. The second-order valence-corrected chi connectivity index (χ2v) is 11.2. The number of hydrogen-bond acceptors (Lipinski definition) is 4. The molecular formula is C27H31ClN4OS. The van der Waals surface area contributed by atoms with Gasteiger partial charge < -0.3 is 10.1 Å². The van der Waals surface area contributed by atoms with E-state index in [4.69, 9.17) is 33.7 Å². The zero-order valence-corrected chi connectivity index (χ0v) is 21.1. The summed E-state index contributed by atoms with van der Waals surface area (Å²) in [6, 6.07) is 16.0. The third kappa shape index (κ3) is 3.95. The van der Waals surface area contributed by atoms with Crippen LogP contribution in [0.2, 0.25) is 5.02 Å². The van der Waals surface area contributed by atoms with Crippen molar-refractivity contribution >= 4 is 29.5 Å². The molecule has 7 heteroatoms. The van der Waals surface area contributed by atoms with Gasteiger partial charge in [0.25, 0.3) is 0 Å². The molecule has 1 heterocycles. The van der Waals surface area contributed by atoms with Crippen LogP contribution in [0.15, 0.2) is 48.5 Å². The van der Waals surface area contributed by atoms with Gasteiger partial charge in [0, 0.05) is 21.8 Å². The molecule has 3 aromatic rings. The topological polar surface area (TPSA) is 44.0 Å². The molecule has 4 aliphatic rings. The van der Waals surface area contributed by atoms with Crippen LogP contribution in [0.1, 0.15) is 51.3 Å². The van der Waals surface area contributed by atoms with Gasteiger partial charge in [-0.3, -0.25) is 4.57 Å². The largest absolute Gasteiger partial charge is 0.494 e. The first-order valence-electron chi connectivity index (χ1n) is 12.5. The fourth-order valence-electron chi connectivity index (χ4n) is 7.06. The van der Waals surface area contributed by atoms with Crippen molar-refractivity contribution in [3.05, 3.63) is 64.1 Å². The van der Waals surface area contributed by atoms with Crippen molar-refractivity contribution in [2.75, 3.05) is 11.9 Å². The van der Waals surface area contributed by atoms with Crippen molar-refractivity contribution in [3.63, 3.8) is 0 Å². The van der Waals surface area contributed by atoms with Gasteiger partial charge in [0.15, 0.2) is 0 Å². The average molecular weight is 495 g/mol. The molecule has 4 saturated carbocycles. The molecule has 4 aliphatic carbocycles. The predicted octanol–water partition coefficient (Wildman–Crippen LogP) is 6.99. The Balaban J connectivity index is 1.36. The van der Waals surface area contributed by atoms with Crippen LogP contribution in [-0.2, 0) is 12.1 Å². The molecule has 0 unspecified atom stereocenters. The van der Waals surface area contributed by atoms with E-state index < -0.39 is 0 Å². The fraction of sp³-hybridized carbons (Fsp3) is 0.481. The number of anilines is 1. The Kier molecular flexibility index (Phi) is 5.69. The van der Waals surface area contributed by atoms with Crippen LogP contribution in [0.5, 0.6) is 5.75 Å². The molecule has 0 amide bonds. The molecule has 1 aromatic heterocycles. The van der Waals surface area contributed by atoms with Crippen molar-refractivity contribution in [2.24, 2.45) is 17.8 Å². The van der Waals surface area contributed by atoms with Gasteiger partial charge in [0.2, 0.25) is 4.77 Å². The van der Waals surface area contributed by atoms with E-state index in [0.29, 0.717) is 13.3 Å². The van der Waals surface area contributed by atoms with Crippen molar-refractivity contribution in [1.29, 1.82) is 0 Å². The summed E-state index contributed by atoms with van der Waals surface area (Å²) in [6.45, 7) is 3.18. The molecule has 2 aromatic carbocycles. The van der Waals surface area contributed by atoms with Crippen molar-refractivity contribution in [1.82, 2.24) is 14.3 Å². The first-order chi connectivity index (χ1) is 16.5. The molecule has 7 rings (SSSR count). The summed E-state index contributed by atoms with van der Waals surface area (Å²) in [5, 5.41) is 9.44. The van der Waals surface area contributed by atoms with Gasteiger partial charge in [0.1, 0.15) is 18.2 Å². The van der Waals surface area contributed by atoms with Gasteiger partial charge in [-0.15, -0.1) is 0 Å². The highest BCUT2D eigenvalue weighted by molar-refractivity contribution is 7.71. The third-order valence-electron chi connectivity index (χ3n) is 8.04. The lowest BCUT2D eigenvalue weighted by atomic mass is 9.49. The summed E-state index contributed by atoms with van der Waals surface area (Å²) in [7, 11) is 0. The summed E-state index contributed by atoms with van der Waals surface area (Å²) in [4.78, 5) is 0. The Morgan fingerprint density at radius 3 is 2.21 bits per heavy atom. The number of rotatable bonds is 7. The summed E-state index contributed by atoms with van der Waals surface area (Å²) in [5.74, 6) is 4.54. The summed E-state index contributed by atoms with van der Waals surface area (Å²) in [5.41, 5.74) is 2.20. The maximum absolute atomic E-state index is 6.21. The van der Waals surface area contributed by atoms with Crippen LogP contribution in [-0.4, -0.2) is 21.0 Å². The summed E-state index contributed by atoms with van der Waals surface area (Å²) < 4.78 is 10.5. The molecule has 0 atom stereocenters. The third-order valence-corrected chi connectivity index (χ3v) is 8.68. The van der Waals surface area contributed by atoms with Crippen LogP contribution in [0.4, 0.5) is 5.69 Å². The number of halogens is 1. The molecule has 178 valence electrons. The Bertz CT molecular complexity index is 1200. The molecule has 0 spiro atoms. The lowest BCUT2D eigenvalue weighted by molar-refractivity contribution is -0.0104. The summed E-state index contributed by atoms with van der Waals surface area (Å²) in [6.07, 6.45) is 7.93. The van der Waals surface area contributed by atoms with Gasteiger partial charge in [-0.25, -0.2) is 4.68 Å². The minimum atomic E-state index is 0.131. The van der Waals surface area contributed by atoms with Crippen LogP contribution >= 0.6 is 23.8 Å². The maximum atomic E-state index is 6.21. The smallest absolute Gasteiger partial charge is 0.204 e. The van der Waals surface area contributed by atoms with E-state index in [1.165, 1.54) is 38.5 Å². The van der Waals surface area contributed by atoms with E-state index in [1.54, 1.807) is 0 Å². The van der Waals surface area contributed by atoms with Gasteiger partial charge in [-0.1, -0.05) is 11.6 Å².